The molecule has 1 amide bonds. The van der Waals surface area contributed by atoms with Gasteiger partial charge in [0, 0.05) is 35.8 Å². The highest BCUT2D eigenvalue weighted by molar-refractivity contribution is 7.84. The lowest BCUT2D eigenvalue weighted by Gasteiger charge is -2.08. The summed E-state index contributed by atoms with van der Waals surface area (Å²) in [5.74, 6) is 0.910. The van der Waals surface area contributed by atoms with E-state index in [4.69, 9.17) is 5.73 Å². The van der Waals surface area contributed by atoms with Crippen LogP contribution in [0, 0.1) is 5.92 Å². The Balaban J connectivity index is 3.40. The summed E-state index contributed by atoms with van der Waals surface area (Å²) in [5, 5.41) is 2.77. The van der Waals surface area contributed by atoms with Crippen molar-refractivity contribution in [2.24, 2.45) is 11.7 Å². The average Bonchev–Trinajstić information content (AvgIpc) is 2.12. The van der Waals surface area contributed by atoms with Crippen LogP contribution in [-0.4, -0.2) is 35.2 Å². The lowest BCUT2D eigenvalue weighted by atomic mass is 10.1. The van der Waals surface area contributed by atoms with E-state index in [0.717, 1.165) is 6.42 Å². The summed E-state index contributed by atoms with van der Waals surface area (Å²) in [5.41, 5.74) is 5.39. The summed E-state index contributed by atoms with van der Waals surface area (Å²) in [7, 11) is -0.764. The molecule has 0 aromatic rings. The van der Waals surface area contributed by atoms with Gasteiger partial charge in [-0.05, 0) is 18.9 Å². The summed E-state index contributed by atoms with van der Waals surface area (Å²) in [6.07, 6.45) is 2.91. The van der Waals surface area contributed by atoms with Crippen molar-refractivity contribution in [3.05, 3.63) is 0 Å². The Morgan fingerprint density at radius 3 is 2.71 bits per heavy atom. The summed E-state index contributed by atoms with van der Waals surface area (Å²) in [6.45, 7) is 3.09. The van der Waals surface area contributed by atoms with Gasteiger partial charge in [-0.1, -0.05) is 6.92 Å². The standard InChI is InChI=1S/C9H20N2O2S/c1-8(7-10)6-9(12)11-4-3-5-14(2)13/h8H,3-7,10H2,1-2H3,(H,11,12). The van der Waals surface area contributed by atoms with E-state index in [2.05, 4.69) is 5.32 Å². The van der Waals surface area contributed by atoms with Crippen LogP contribution < -0.4 is 11.1 Å². The highest BCUT2D eigenvalue weighted by Gasteiger charge is 2.06. The fourth-order valence-corrected chi connectivity index (χ4v) is 1.53. The highest BCUT2D eigenvalue weighted by atomic mass is 32.2. The van der Waals surface area contributed by atoms with Crippen molar-refractivity contribution in [3.63, 3.8) is 0 Å². The van der Waals surface area contributed by atoms with Crippen molar-refractivity contribution in [2.75, 3.05) is 25.1 Å². The number of amides is 1. The van der Waals surface area contributed by atoms with Crippen molar-refractivity contribution >= 4 is 16.7 Å². The number of carbonyl (C=O) groups is 1. The smallest absolute Gasteiger partial charge is 0.220 e. The molecule has 3 N–H and O–H groups in total. The van der Waals surface area contributed by atoms with Crippen LogP contribution in [-0.2, 0) is 15.6 Å². The second kappa shape index (κ2) is 7.94. The summed E-state index contributed by atoms with van der Waals surface area (Å²) >= 11 is 0. The third-order valence-corrected chi connectivity index (χ3v) is 2.73. The van der Waals surface area contributed by atoms with Gasteiger partial charge in [0.05, 0.1) is 0 Å². The van der Waals surface area contributed by atoms with Gasteiger partial charge in [-0.15, -0.1) is 0 Å². The summed E-state index contributed by atoms with van der Waals surface area (Å²) in [4.78, 5) is 11.2. The first-order chi connectivity index (χ1) is 6.56. The first-order valence-corrected chi connectivity index (χ1v) is 6.55. The Labute approximate surface area is 88.1 Å². The van der Waals surface area contributed by atoms with Crippen LogP contribution in [0.4, 0.5) is 0 Å². The van der Waals surface area contributed by atoms with Gasteiger partial charge in [0.25, 0.3) is 0 Å². The SMILES string of the molecule is CC(CN)CC(=O)NCCCS(C)=O. The van der Waals surface area contributed by atoms with E-state index in [9.17, 15) is 9.00 Å². The van der Waals surface area contributed by atoms with Gasteiger partial charge in [0.1, 0.15) is 0 Å². The quantitative estimate of drug-likeness (QED) is 0.586. The fraction of sp³-hybridized carbons (Fsp3) is 0.889. The lowest BCUT2D eigenvalue weighted by Crippen LogP contribution is -2.28. The van der Waals surface area contributed by atoms with E-state index in [1.807, 2.05) is 6.92 Å². The van der Waals surface area contributed by atoms with Crippen LogP contribution in [0.1, 0.15) is 19.8 Å². The van der Waals surface area contributed by atoms with Crippen LogP contribution >= 0.6 is 0 Å². The second-order valence-electron chi connectivity index (χ2n) is 3.53. The maximum absolute atomic E-state index is 11.2. The molecular formula is C9H20N2O2S. The molecule has 0 aliphatic rings. The number of hydrogen-bond donors (Lipinski definition) is 2. The van der Waals surface area contributed by atoms with Crippen molar-refractivity contribution in [1.82, 2.24) is 5.32 Å². The molecule has 0 aromatic heterocycles. The molecule has 0 aliphatic heterocycles. The predicted octanol–water partition coefficient (Wildman–Crippen LogP) is -0.144. The van der Waals surface area contributed by atoms with Gasteiger partial charge < -0.3 is 11.1 Å². The Morgan fingerprint density at radius 2 is 2.21 bits per heavy atom. The van der Waals surface area contributed by atoms with Crippen molar-refractivity contribution in [3.8, 4) is 0 Å². The van der Waals surface area contributed by atoms with Gasteiger partial charge in [-0.2, -0.15) is 0 Å². The van der Waals surface area contributed by atoms with E-state index in [-0.39, 0.29) is 11.8 Å². The number of carbonyl (C=O) groups excluding carboxylic acids is 1. The lowest BCUT2D eigenvalue weighted by molar-refractivity contribution is -0.121. The molecule has 0 aliphatic carbocycles. The van der Waals surface area contributed by atoms with Crippen LogP contribution in [0.5, 0.6) is 0 Å². The maximum Gasteiger partial charge on any atom is 0.220 e. The summed E-state index contributed by atoms with van der Waals surface area (Å²) in [6, 6.07) is 0. The minimum atomic E-state index is -0.764. The van der Waals surface area contributed by atoms with E-state index in [0.29, 0.717) is 25.3 Å². The van der Waals surface area contributed by atoms with E-state index < -0.39 is 10.8 Å². The first-order valence-electron chi connectivity index (χ1n) is 4.83. The van der Waals surface area contributed by atoms with Crippen molar-refractivity contribution < 1.29 is 9.00 Å². The molecule has 0 saturated heterocycles. The molecule has 14 heavy (non-hydrogen) atoms. The minimum absolute atomic E-state index is 0.0323. The van der Waals surface area contributed by atoms with E-state index >= 15 is 0 Å². The third-order valence-electron chi connectivity index (χ3n) is 1.87. The first kappa shape index (κ1) is 13.6. The molecule has 2 unspecified atom stereocenters. The molecule has 0 radical (unpaired) electrons. The van der Waals surface area contributed by atoms with Gasteiger partial charge in [-0.3, -0.25) is 9.00 Å². The maximum atomic E-state index is 11.2. The fourth-order valence-electron chi connectivity index (χ4n) is 0.975. The van der Waals surface area contributed by atoms with E-state index in [1.54, 1.807) is 6.26 Å². The highest BCUT2D eigenvalue weighted by Crippen LogP contribution is 1.97. The van der Waals surface area contributed by atoms with Gasteiger partial charge >= 0.3 is 0 Å². The van der Waals surface area contributed by atoms with Crippen molar-refractivity contribution in [2.45, 2.75) is 19.8 Å². The molecular weight excluding hydrogens is 200 g/mol. The molecule has 0 rings (SSSR count). The zero-order chi connectivity index (χ0) is 11.0. The van der Waals surface area contributed by atoms with Gasteiger partial charge in [0.15, 0.2) is 0 Å². The number of nitrogens with one attached hydrogen (secondary N) is 1. The molecule has 2 atom stereocenters. The molecule has 0 aromatic carbocycles. The molecule has 4 nitrogen and oxygen atoms in total. The van der Waals surface area contributed by atoms with Gasteiger partial charge in [-0.25, -0.2) is 0 Å². The number of hydrogen-bond acceptors (Lipinski definition) is 3. The zero-order valence-corrected chi connectivity index (χ0v) is 9.73. The molecule has 0 heterocycles. The third kappa shape index (κ3) is 8.19. The molecule has 0 fully saturated rings. The minimum Gasteiger partial charge on any atom is -0.356 e. The molecule has 0 saturated carbocycles. The zero-order valence-electron chi connectivity index (χ0n) is 8.91. The Bertz CT molecular complexity index is 197. The number of nitrogens with two attached hydrogens (primary N) is 1. The second-order valence-corrected chi connectivity index (χ2v) is 5.08. The molecule has 84 valence electrons. The number of rotatable bonds is 7. The summed E-state index contributed by atoms with van der Waals surface area (Å²) < 4.78 is 10.7. The van der Waals surface area contributed by atoms with Gasteiger partial charge in [0.2, 0.25) is 5.91 Å². The predicted molar refractivity (Wildman–Crippen MR) is 59.4 cm³/mol. The van der Waals surface area contributed by atoms with Crippen LogP contribution in [0.2, 0.25) is 0 Å². The molecule has 0 bridgehead atoms. The Hall–Kier alpha value is -0.420. The Morgan fingerprint density at radius 1 is 1.57 bits per heavy atom. The molecule has 5 heteroatoms. The van der Waals surface area contributed by atoms with E-state index in [1.165, 1.54) is 0 Å². The monoisotopic (exact) mass is 220 g/mol. The normalized spacial score (nSPS) is 14.8. The van der Waals surface area contributed by atoms with Crippen LogP contribution in [0.3, 0.4) is 0 Å². The van der Waals surface area contributed by atoms with Crippen molar-refractivity contribution in [1.29, 1.82) is 0 Å². The average molecular weight is 220 g/mol. The Kier molecular flexibility index (Phi) is 7.70. The largest absolute Gasteiger partial charge is 0.356 e. The van der Waals surface area contributed by atoms with Crippen LogP contribution in [0.25, 0.3) is 0 Å². The van der Waals surface area contributed by atoms with Crippen LogP contribution in [0.15, 0.2) is 0 Å². The molecule has 0 spiro atoms. The topological polar surface area (TPSA) is 72.2 Å².